The van der Waals surface area contributed by atoms with Crippen LogP contribution in [-0.2, 0) is 10.0 Å². The monoisotopic (exact) mass is 364 g/mol. The molecule has 0 amide bonds. The molecule has 1 aromatic carbocycles. The van der Waals surface area contributed by atoms with Crippen molar-refractivity contribution in [1.29, 1.82) is 0 Å². The molecule has 0 N–H and O–H groups in total. The molecule has 2 aromatic rings. The van der Waals surface area contributed by atoms with E-state index in [1.54, 1.807) is 12.1 Å². The second-order valence-electron chi connectivity index (χ2n) is 6.07. The minimum Gasteiger partial charge on any atom is -0.339 e. The number of aliphatic imine (C=N–C) groups is 1. The van der Waals surface area contributed by atoms with E-state index in [4.69, 9.17) is 4.63 Å². The second-order valence-corrected chi connectivity index (χ2v) is 7.90. The molecule has 1 fully saturated rings. The van der Waals surface area contributed by atoms with Crippen LogP contribution in [0.2, 0.25) is 0 Å². The van der Waals surface area contributed by atoms with E-state index in [0.717, 1.165) is 32.7 Å². The predicted molar refractivity (Wildman–Crippen MR) is 91.7 cm³/mol. The fraction of sp³-hybridized carbons (Fsp3) is 0.533. The van der Waals surface area contributed by atoms with Crippen molar-refractivity contribution >= 4 is 27.0 Å². The standard InChI is InChI=1S/C15H20N6O3S/c1-2-19-8-10-20(11-9-19)15-16-6-7-21(15)25(22,23)13-5-3-4-12-14(13)18-24-17-12/h3-5H,2,6-11H2,1H3. The number of likely N-dealkylation sites (N-methyl/N-ethyl adjacent to an activating group) is 1. The third kappa shape index (κ3) is 2.74. The molecule has 9 nitrogen and oxygen atoms in total. The van der Waals surface area contributed by atoms with E-state index in [-0.39, 0.29) is 10.4 Å². The van der Waals surface area contributed by atoms with Gasteiger partial charge in [0.1, 0.15) is 10.4 Å². The summed E-state index contributed by atoms with van der Waals surface area (Å²) < 4.78 is 32.5. The Morgan fingerprint density at radius 1 is 1.12 bits per heavy atom. The summed E-state index contributed by atoms with van der Waals surface area (Å²) in [6.45, 7) is 7.31. The van der Waals surface area contributed by atoms with Gasteiger partial charge < -0.3 is 9.80 Å². The maximum atomic E-state index is 13.2. The first kappa shape index (κ1) is 16.3. The predicted octanol–water partition coefficient (Wildman–Crippen LogP) is 0.221. The van der Waals surface area contributed by atoms with Gasteiger partial charge in [-0.1, -0.05) is 13.0 Å². The summed E-state index contributed by atoms with van der Waals surface area (Å²) in [7, 11) is -3.77. The lowest BCUT2D eigenvalue weighted by atomic mass is 10.3. The van der Waals surface area contributed by atoms with Crippen LogP contribution in [0, 0.1) is 0 Å². The molecule has 3 heterocycles. The Bertz CT molecular complexity index is 901. The molecule has 0 atom stereocenters. The SMILES string of the molecule is CCN1CCN(C2=NCCN2S(=O)(=O)c2cccc3nonc23)CC1. The molecule has 2 aliphatic heterocycles. The van der Waals surface area contributed by atoms with Crippen molar-refractivity contribution in [2.24, 2.45) is 4.99 Å². The molecule has 25 heavy (non-hydrogen) atoms. The van der Waals surface area contributed by atoms with Crippen molar-refractivity contribution in [1.82, 2.24) is 24.4 Å². The summed E-state index contributed by atoms with van der Waals surface area (Å²) >= 11 is 0. The molecule has 0 unspecified atom stereocenters. The summed E-state index contributed by atoms with van der Waals surface area (Å²) in [6.07, 6.45) is 0. The molecule has 10 heteroatoms. The van der Waals surface area contributed by atoms with Gasteiger partial charge in [0, 0.05) is 26.2 Å². The van der Waals surface area contributed by atoms with E-state index in [2.05, 4.69) is 32.0 Å². The van der Waals surface area contributed by atoms with Crippen LogP contribution in [0.4, 0.5) is 0 Å². The fourth-order valence-corrected chi connectivity index (χ4v) is 4.86. The average molecular weight is 364 g/mol. The van der Waals surface area contributed by atoms with Crippen LogP contribution in [0.5, 0.6) is 0 Å². The summed E-state index contributed by atoms with van der Waals surface area (Å²) in [5.41, 5.74) is 0.680. The van der Waals surface area contributed by atoms with Crippen molar-refractivity contribution < 1.29 is 13.0 Å². The first-order valence-electron chi connectivity index (χ1n) is 8.37. The normalized spacial score (nSPS) is 19.6. The lowest BCUT2D eigenvalue weighted by Gasteiger charge is -2.37. The van der Waals surface area contributed by atoms with E-state index in [1.165, 1.54) is 10.4 Å². The summed E-state index contributed by atoms with van der Waals surface area (Å²) in [6, 6.07) is 4.85. The average Bonchev–Trinajstić information content (AvgIpc) is 3.30. The van der Waals surface area contributed by atoms with E-state index in [9.17, 15) is 8.42 Å². The number of guanidine groups is 1. The van der Waals surface area contributed by atoms with Gasteiger partial charge in [-0.05, 0) is 29.0 Å². The number of rotatable bonds is 3. The van der Waals surface area contributed by atoms with Gasteiger partial charge in [0.15, 0.2) is 5.52 Å². The highest BCUT2D eigenvalue weighted by Crippen LogP contribution is 2.26. The summed E-state index contributed by atoms with van der Waals surface area (Å²) in [5.74, 6) is 0.532. The van der Waals surface area contributed by atoms with Gasteiger partial charge in [0.25, 0.3) is 10.0 Å². The van der Waals surface area contributed by atoms with Crippen LogP contribution in [0.25, 0.3) is 11.0 Å². The molecule has 1 aromatic heterocycles. The highest BCUT2D eigenvalue weighted by Gasteiger charge is 2.36. The highest BCUT2D eigenvalue weighted by atomic mass is 32.2. The molecule has 0 radical (unpaired) electrons. The van der Waals surface area contributed by atoms with Crippen molar-refractivity contribution in [3.05, 3.63) is 18.2 Å². The summed E-state index contributed by atoms with van der Waals surface area (Å²) in [4.78, 5) is 8.96. The number of fused-ring (bicyclic) bond motifs is 1. The van der Waals surface area contributed by atoms with Crippen LogP contribution in [0.15, 0.2) is 32.7 Å². The first-order valence-corrected chi connectivity index (χ1v) is 9.81. The van der Waals surface area contributed by atoms with Gasteiger partial charge in [0.05, 0.1) is 13.1 Å². The Hall–Kier alpha value is -2.20. The topological polar surface area (TPSA) is 95.1 Å². The smallest absolute Gasteiger partial charge is 0.269 e. The van der Waals surface area contributed by atoms with E-state index < -0.39 is 10.0 Å². The zero-order valence-electron chi connectivity index (χ0n) is 14.0. The zero-order valence-corrected chi connectivity index (χ0v) is 14.8. The zero-order chi connectivity index (χ0) is 17.4. The molecular formula is C15H20N6O3S. The Kier molecular flexibility index (Phi) is 4.08. The maximum absolute atomic E-state index is 13.2. The van der Waals surface area contributed by atoms with Crippen LogP contribution < -0.4 is 0 Å². The third-order valence-electron chi connectivity index (χ3n) is 4.70. The Morgan fingerprint density at radius 2 is 1.92 bits per heavy atom. The Morgan fingerprint density at radius 3 is 2.68 bits per heavy atom. The number of hydrogen-bond acceptors (Lipinski definition) is 8. The van der Waals surface area contributed by atoms with E-state index >= 15 is 0 Å². The van der Waals surface area contributed by atoms with Crippen LogP contribution in [0.1, 0.15) is 6.92 Å². The van der Waals surface area contributed by atoms with Gasteiger partial charge in [-0.2, -0.15) is 0 Å². The van der Waals surface area contributed by atoms with Crippen molar-refractivity contribution in [2.75, 3.05) is 45.8 Å². The number of benzene rings is 1. The quantitative estimate of drug-likeness (QED) is 0.769. The largest absolute Gasteiger partial charge is 0.339 e. The van der Waals surface area contributed by atoms with Gasteiger partial charge in [0.2, 0.25) is 5.96 Å². The van der Waals surface area contributed by atoms with Crippen molar-refractivity contribution in [3.8, 4) is 0 Å². The van der Waals surface area contributed by atoms with Crippen LogP contribution in [0.3, 0.4) is 0 Å². The van der Waals surface area contributed by atoms with E-state index in [0.29, 0.717) is 24.6 Å². The fourth-order valence-electron chi connectivity index (χ4n) is 3.28. The molecule has 1 saturated heterocycles. The molecule has 0 spiro atoms. The second kappa shape index (κ2) is 6.26. The minimum absolute atomic E-state index is 0.105. The Balaban J connectivity index is 1.64. The molecule has 0 saturated carbocycles. The van der Waals surface area contributed by atoms with Crippen molar-refractivity contribution in [2.45, 2.75) is 11.8 Å². The number of sulfonamides is 1. The van der Waals surface area contributed by atoms with Crippen molar-refractivity contribution in [3.63, 3.8) is 0 Å². The lowest BCUT2D eigenvalue weighted by Crippen LogP contribution is -2.53. The summed E-state index contributed by atoms with van der Waals surface area (Å²) in [5, 5.41) is 7.49. The van der Waals surface area contributed by atoms with Crippen LogP contribution in [-0.4, -0.2) is 84.6 Å². The molecule has 134 valence electrons. The minimum atomic E-state index is -3.77. The van der Waals surface area contributed by atoms with Crippen LogP contribution >= 0.6 is 0 Å². The molecule has 2 aliphatic rings. The van der Waals surface area contributed by atoms with Gasteiger partial charge in [-0.3, -0.25) is 4.99 Å². The number of hydrogen-bond donors (Lipinski definition) is 0. The number of aromatic nitrogens is 2. The lowest BCUT2D eigenvalue weighted by molar-refractivity contribution is 0.184. The molecule has 4 rings (SSSR count). The molecule has 0 bridgehead atoms. The Labute approximate surface area is 145 Å². The third-order valence-corrected chi connectivity index (χ3v) is 6.51. The van der Waals surface area contributed by atoms with Gasteiger partial charge in [-0.25, -0.2) is 17.4 Å². The maximum Gasteiger partial charge on any atom is 0.269 e. The first-order chi connectivity index (χ1) is 12.1. The van der Waals surface area contributed by atoms with Gasteiger partial charge >= 0.3 is 0 Å². The molecular weight excluding hydrogens is 344 g/mol. The number of nitrogens with zero attached hydrogens (tertiary/aromatic N) is 6. The molecule has 0 aliphatic carbocycles. The van der Waals surface area contributed by atoms with Gasteiger partial charge in [-0.15, -0.1) is 0 Å². The highest BCUT2D eigenvalue weighted by molar-refractivity contribution is 7.90. The number of piperazine rings is 1. The van der Waals surface area contributed by atoms with E-state index in [1.807, 2.05) is 0 Å².